The Morgan fingerprint density at radius 3 is 1.05 bits per heavy atom. The van der Waals surface area contributed by atoms with Crippen molar-refractivity contribution in [2.75, 3.05) is 0 Å². The van der Waals surface area contributed by atoms with Crippen LogP contribution >= 0.6 is 8.25 Å². The molecule has 0 aliphatic carbocycles. The molecule has 0 aromatic carbocycles. The van der Waals surface area contributed by atoms with Gasteiger partial charge in [0, 0.05) is 22.8 Å². The van der Waals surface area contributed by atoms with Gasteiger partial charge in [0.1, 0.15) is 0 Å². The Balaban J connectivity index is -0.0000000886. The minimum absolute atomic E-state index is 0.558. The minimum atomic E-state index is -2.87. The van der Waals surface area contributed by atoms with Crippen molar-refractivity contribution in [2.24, 2.45) is 0 Å². The molecule has 0 unspecified atom stereocenters. The van der Waals surface area contributed by atoms with Crippen LogP contribution in [0.15, 0.2) is 38.0 Å². The van der Waals surface area contributed by atoms with Crippen LogP contribution in [0.2, 0.25) is 0 Å². The molecule has 0 aromatic rings. The van der Waals surface area contributed by atoms with Gasteiger partial charge in [0.25, 0.3) is 0 Å². The number of hydrogen-bond donors (Lipinski definition) is 5. The highest BCUT2D eigenvalue weighted by Crippen LogP contribution is 1.98. The van der Waals surface area contributed by atoms with Crippen molar-refractivity contribution in [2.45, 2.75) is 0 Å². The van der Waals surface area contributed by atoms with Gasteiger partial charge in [-0.2, -0.15) is 0 Å². The molecular weight excluding hydrogens is 283 g/mol. The summed E-state index contributed by atoms with van der Waals surface area (Å²) in [4.78, 5) is 42.6. The SMILES string of the molecule is C=C.C=CC(=O)O.O=C(O)/C=C\C(=O)O.O=[P+](O)O. The number of rotatable bonds is 3. The number of aliphatic carboxylic acids is 3. The highest BCUT2D eigenvalue weighted by Gasteiger charge is 1.93. The Kier molecular flexibility index (Phi) is 28.2. The second-order valence-corrected chi connectivity index (χ2v) is 2.31. The first kappa shape index (κ1) is 25.5. The average Bonchev–Trinajstić information content (AvgIpc) is 2.29. The van der Waals surface area contributed by atoms with E-state index in [1.807, 2.05) is 0 Å². The molecule has 108 valence electrons. The first-order valence-corrected chi connectivity index (χ1v) is 5.14. The highest BCUT2D eigenvalue weighted by atomic mass is 31.1. The fraction of sp³-hybridized carbons (Fsp3) is 0. The Labute approximate surface area is 109 Å². The van der Waals surface area contributed by atoms with E-state index in [2.05, 4.69) is 19.7 Å². The smallest absolute Gasteiger partial charge is 0.478 e. The molecule has 0 fully saturated rings. The molecule has 0 radical (unpaired) electrons. The fourth-order valence-corrected chi connectivity index (χ4v) is 0.143. The molecule has 0 rings (SSSR count). The normalized spacial score (nSPS) is 7.26. The fourth-order valence-electron chi connectivity index (χ4n) is 0.143. The van der Waals surface area contributed by atoms with E-state index in [-0.39, 0.29) is 0 Å². The predicted octanol–water partition coefficient (Wildman–Crippen LogP) is 0.399. The summed E-state index contributed by atoms with van der Waals surface area (Å²) in [5.74, 6) is -3.50. The van der Waals surface area contributed by atoms with Crippen LogP contribution in [-0.2, 0) is 18.9 Å². The van der Waals surface area contributed by atoms with Crippen LogP contribution in [0, 0.1) is 0 Å². The largest absolute Gasteiger partial charge is 0.692 e. The molecule has 10 heteroatoms. The maximum Gasteiger partial charge on any atom is 0.692 e. The molecule has 0 amide bonds. The lowest BCUT2D eigenvalue weighted by atomic mass is 10.5. The second kappa shape index (κ2) is 21.0. The summed E-state index contributed by atoms with van der Waals surface area (Å²) in [6.45, 7) is 8.96. The van der Waals surface area contributed by atoms with Gasteiger partial charge in [-0.3, -0.25) is 0 Å². The Morgan fingerprint density at radius 2 is 1.00 bits per heavy atom. The molecule has 0 aliphatic rings. The van der Waals surface area contributed by atoms with Gasteiger partial charge in [0.15, 0.2) is 0 Å². The topological polar surface area (TPSA) is 169 Å². The van der Waals surface area contributed by atoms with Crippen molar-refractivity contribution >= 4 is 26.2 Å². The monoisotopic (exact) mass is 297 g/mol. The van der Waals surface area contributed by atoms with Crippen LogP contribution in [0.25, 0.3) is 0 Å². The third-order valence-electron chi connectivity index (χ3n) is 0.543. The lowest BCUT2D eigenvalue weighted by molar-refractivity contribution is -0.134. The van der Waals surface area contributed by atoms with E-state index in [1.54, 1.807) is 0 Å². The third-order valence-corrected chi connectivity index (χ3v) is 0.543. The van der Waals surface area contributed by atoms with Crippen molar-refractivity contribution < 1.29 is 44.1 Å². The van der Waals surface area contributed by atoms with E-state index in [9.17, 15) is 14.4 Å². The Bertz CT molecular complexity index is 315. The molecule has 0 atom stereocenters. The zero-order valence-corrected chi connectivity index (χ0v) is 10.6. The lowest BCUT2D eigenvalue weighted by Crippen LogP contribution is -1.91. The van der Waals surface area contributed by atoms with Crippen molar-refractivity contribution in [3.05, 3.63) is 38.0 Å². The summed E-state index contributed by atoms with van der Waals surface area (Å²) in [6.07, 6.45) is 1.95. The molecule has 0 bridgehead atoms. The summed E-state index contributed by atoms with van der Waals surface area (Å²) in [5.41, 5.74) is 0. The molecule has 0 spiro atoms. The summed E-state index contributed by atoms with van der Waals surface area (Å²) in [7, 11) is -2.87. The quantitative estimate of drug-likeness (QED) is 0.281. The first-order valence-electron chi connectivity index (χ1n) is 3.97. The highest BCUT2D eigenvalue weighted by molar-refractivity contribution is 7.30. The van der Waals surface area contributed by atoms with Crippen molar-refractivity contribution in [1.29, 1.82) is 0 Å². The molecule has 0 aromatic heterocycles. The summed E-state index contributed by atoms with van der Waals surface area (Å²) < 4.78 is 8.70. The molecule has 0 heterocycles. The lowest BCUT2D eigenvalue weighted by Gasteiger charge is -1.74. The van der Waals surface area contributed by atoms with Crippen LogP contribution in [0.1, 0.15) is 0 Å². The van der Waals surface area contributed by atoms with Gasteiger partial charge in [-0.05, 0) is 0 Å². The number of hydrogen-bond acceptors (Lipinski definition) is 4. The van der Waals surface area contributed by atoms with E-state index in [4.69, 9.17) is 29.7 Å². The van der Waals surface area contributed by atoms with Crippen molar-refractivity contribution in [3.63, 3.8) is 0 Å². The maximum absolute atomic E-state index is 9.55. The van der Waals surface area contributed by atoms with Gasteiger partial charge in [-0.1, -0.05) is 6.58 Å². The van der Waals surface area contributed by atoms with Crippen molar-refractivity contribution in [3.8, 4) is 0 Å². The Morgan fingerprint density at radius 1 is 0.842 bits per heavy atom. The Hall–Kier alpha value is -2.35. The predicted molar refractivity (Wildman–Crippen MR) is 65.5 cm³/mol. The van der Waals surface area contributed by atoms with Gasteiger partial charge in [0.2, 0.25) is 0 Å². The number of carboxylic acids is 3. The van der Waals surface area contributed by atoms with E-state index < -0.39 is 26.2 Å². The summed E-state index contributed by atoms with van der Waals surface area (Å²) >= 11 is 0. The molecule has 19 heavy (non-hydrogen) atoms. The first-order chi connectivity index (χ1) is 8.63. The van der Waals surface area contributed by atoms with E-state index in [0.29, 0.717) is 12.2 Å². The van der Waals surface area contributed by atoms with Gasteiger partial charge in [0.05, 0.1) is 0 Å². The summed E-state index contributed by atoms with van der Waals surface area (Å²) in [5, 5.41) is 23.2. The molecule has 5 N–H and O–H groups in total. The molecule has 0 aliphatic heterocycles. The third kappa shape index (κ3) is 135. The van der Waals surface area contributed by atoms with Gasteiger partial charge in [-0.15, -0.1) is 22.9 Å². The molecular formula is C9H14O9P+. The molecule has 0 saturated heterocycles. The molecule has 9 nitrogen and oxygen atoms in total. The van der Waals surface area contributed by atoms with Crippen LogP contribution in [0.4, 0.5) is 0 Å². The maximum atomic E-state index is 9.55. The number of carboxylic acid groups (broad SMARTS) is 3. The van der Waals surface area contributed by atoms with Gasteiger partial charge in [-0.25, -0.2) is 14.4 Å². The van der Waals surface area contributed by atoms with Crippen LogP contribution < -0.4 is 0 Å². The zero-order chi connectivity index (χ0) is 16.4. The van der Waals surface area contributed by atoms with Gasteiger partial charge < -0.3 is 15.3 Å². The van der Waals surface area contributed by atoms with Crippen LogP contribution in [0.5, 0.6) is 0 Å². The van der Waals surface area contributed by atoms with E-state index in [1.165, 1.54) is 0 Å². The average molecular weight is 297 g/mol. The summed E-state index contributed by atoms with van der Waals surface area (Å²) in [6, 6.07) is 0. The number of carbonyl (C=O) groups is 3. The molecule has 0 saturated carbocycles. The standard InChI is InChI=1S/C4H4O4.C3H4O2.C2H4.HO3P/c5-3(6)1-2-4(7)8;1-2-3(4)5;1-2;1-4(2)3/h1-2H,(H,5,6)(H,7,8);2H,1H2,(H,4,5);1-2H2;(H-,1,2,3)/p+1/b2-1-;;;. The van der Waals surface area contributed by atoms with Crippen LogP contribution in [0.3, 0.4) is 0 Å². The van der Waals surface area contributed by atoms with Crippen LogP contribution in [-0.4, -0.2) is 43.0 Å². The second-order valence-electron chi connectivity index (χ2n) is 1.80. The zero-order valence-electron chi connectivity index (χ0n) is 9.67. The van der Waals surface area contributed by atoms with E-state index >= 15 is 0 Å². The van der Waals surface area contributed by atoms with E-state index in [0.717, 1.165) is 6.08 Å². The van der Waals surface area contributed by atoms with Crippen molar-refractivity contribution in [1.82, 2.24) is 0 Å². The van der Waals surface area contributed by atoms with Gasteiger partial charge >= 0.3 is 26.2 Å². The minimum Gasteiger partial charge on any atom is -0.478 e.